The molecule has 1 aliphatic rings. The Labute approximate surface area is 170 Å². The Morgan fingerprint density at radius 1 is 1.10 bits per heavy atom. The number of para-hydroxylation sites is 2. The number of urea groups is 1. The van der Waals surface area contributed by atoms with Crippen molar-refractivity contribution >= 4 is 23.4 Å². The number of hydrogen-bond donors (Lipinski definition) is 3. The van der Waals surface area contributed by atoms with Crippen molar-refractivity contribution in [1.82, 2.24) is 0 Å². The van der Waals surface area contributed by atoms with Gasteiger partial charge >= 0.3 is 12.0 Å². The lowest BCUT2D eigenvalue weighted by atomic mass is 10.1. The molecule has 0 bridgehead atoms. The number of anilines is 2. The first-order valence-electron chi connectivity index (χ1n) is 9.82. The van der Waals surface area contributed by atoms with Gasteiger partial charge in [-0.25, -0.2) is 4.79 Å². The van der Waals surface area contributed by atoms with E-state index < -0.39 is 12.0 Å². The molecule has 154 valence electrons. The molecule has 0 saturated carbocycles. The van der Waals surface area contributed by atoms with E-state index in [1.165, 1.54) is 0 Å². The minimum Gasteiger partial charge on any atom is -0.489 e. The number of nitrogens with one attached hydrogen (secondary N) is 2. The Balaban J connectivity index is 1.56. The van der Waals surface area contributed by atoms with Gasteiger partial charge in [0.25, 0.3) is 0 Å². The molecule has 29 heavy (non-hydrogen) atoms. The molecule has 1 aliphatic heterocycles. The average Bonchev–Trinajstić information content (AvgIpc) is 2.72. The van der Waals surface area contributed by atoms with Crippen molar-refractivity contribution in [2.24, 2.45) is 0 Å². The van der Waals surface area contributed by atoms with E-state index in [0.29, 0.717) is 30.2 Å². The molecule has 3 rings (SSSR count). The maximum Gasteiger partial charge on any atom is 0.323 e. The fourth-order valence-electron chi connectivity index (χ4n) is 3.16. The van der Waals surface area contributed by atoms with Crippen LogP contribution >= 0.6 is 0 Å². The molecule has 7 heteroatoms. The molecule has 1 atom stereocenters. The van der Waals surface area contributed by atoms with Crippen LogP contribution in [0, 0.1) is 0 Å². The highest BCUT2D eigenvalue weighted by Gasteiger charge is 2.16. The van der Waals surface area contributed by atoms with Crippen molar-refractivity contribution in [3.8, 4) is 5.75 Å². The van der Waals surface area contributed by atoms with E-state index in [1.54, 1.807) is 24.3 Å². The molecule has 0 spiro atoms. The van der Waals surface area contributed by atoms with E-state index in [1.807, 2.05) is 24.3 Å². The molecule has 0 aliphatic carbocycles. The largest absolute Gasteiger partial charge is 0.489 e. The van der Waals surface area contributed by atoms with E-state index >= 15 is 0 Å². The summed E-state index contributed by atoms with van der Waals surface area (Å²) in [5.41, 5.74) is 2.02. The summed E-state index contributed by atoms with van der Waals surface area (Å²) in [6.07, 6.45) is 3.75. The summed E-state index contributed by atoms with van der Waals surface area (Å²) in [6, 6.07) is 14.0. The summed E-state index contributed by atoms with van der Waals surface area (Å²) in [7, 11) is 0. The lowest BCUT2D eigenvalue weighted by molar-refractivity contribution is -0.136. The molecule has 2 aromatic rings. The molecule has 0 aromatic heterocycles. The molecule has 7 nitrogen and oxygen atoms in total. The SMILES string of the molecule is O=C(O)CCc1cccc(NC(=O)Nc2ccccc2OCC2CCCCO2)c1. The van der Waals surface area contributed by atoms with Crippen LogP contribution in [0.15, 0.2) is 48.5 Å². The van der Waals surface area contributed by atoms with Crippen LogP contribution in [0.1, 0.15) is 31.2 Å². The summed E-state index contributed by atoms with van der Waals surface area (Å²) in [6.45, 7) is 1.22. The number of aryl methyl sites for hydroxylation is 1. The normalized spacial score (nSPS) is 16.1. The van der Waals surface area contributed by atoms with Gasteiger partial charge in [-0.2, -0.15) is 0 Å². The zero-order chi connectivity index (χ0) is 20.5. The van der Waals surface area contributed by atoms with Crippen LogP contribution in [0.3, 0.4) is 0 Å². The maximum atomic E-state index is 12.4. The Hall–Kier alpha value is -3.06. The second-order valence-corrected chi connectivity index (χ2v) is 6.97. The highest BCUT2D eigenvalue weighted by molar-refractivity contribution is 6.00. The molecular weight excluding hydrogens is 372 g/mol. The molecule has 2 aromatic carbocycles. The number of aliphatic carboxylic acids is 1. The standard InChI is InChI=1S/C22H26N2O5/c25-21(26)12-11-16-6-5-7-17(14-16)23-22(27)24-19-9-1-2-10-20(19)29-15-18-8-3-4-13-28-18/h1-2,5-7,9-10,14,18H,3-4,8,11-13,15H2,(H,25,26)(H2,23,24,27). The van der Waals surface area contributed by atoms with E-state index in [-0.39, 0.29) is 12.5 Å². The monoisotopic (exact) mass is 398 g/mol. The number of hydrogen-bond acceptors (Lipinski definition) is 4. The Morgan fingerprint density at radius 3 is 2.76 bits per heavy atom. The predicted octanol–water partition coefficient (Wildman–Crippen LogP) is 4.30. The molecule has 3 N–H and O–H groups in total. The van der Waals surface area contributed by atoms with Crippen LogP contribution in [0.25, 0.3) is 0 Å². The molecule has 0 radical (unpaired) electrons. The molecule has 1 heterocycles. The number of amides is 2. The number of carbonyl (C=O) groups is 2. The van der Waals surface area contributed by atoms with Crippen molar-refractivity contribution in [1.29, 1.82) is 0 Å². The molecule has 1 unspecified atom stereocenters. The van der Waals surface area contributed by atoms with Gasteiger partial charge in [0.2, 0.25) is 0 Å². The van der Waals surface area contributed by atoms with Crippen molar-refractivity contribution in [3.63, 3.8) is 0 Å². The van der Waals surface area contributed by atoms with Crippen molar-refractivity contribution in [2.75, 3.05) is 23.8 Å². The third-order valence-corrected chi connectivity index (χ3v) is 4.65. The lowest BCUT2D eigenvalue weighted by Crippen LogP contribution is -2.26. The van der Waals surface area contributed by atoms with Crippen molar-refractivity contribution in [2.45, 2.75) is 38.2 Å². The van der Waals surface area contributed by atoms with E-state index in [9.17, 15) is 9.59 Å². The van der Waals surface area contributed by atoms with Crippen LogP contribution in [-0.4, -0.2) is 36.4 Å². The summed E-state index contributed by atoms with van der Waals surface area (Å²) in [5, 5.41) is 14.4. The van der Waals surface area contributed by atoms with Crippen LogP contribution in [-0.2, 0) is 16.0 Å². The first kappa shape index (κ1) is 20.7. The Bertz CT molecular complexity index is 833. The molecule has 1 fully saturated rings. The van der Waals surface area contributed by atoms with Gasteiger partial charge in [-0.3, -0.25) is 4.79 Å². The summed E-state index contributed by atoms with van der Waals surface area (Å²) in [4.78, 5) is 23.1. The molecular formula is C22H26N2O5. The average molecular weight is 398 g/mol. The number of rotatable bonds is 8. The summed E-state index contributed by atoms with van der Waals surface area (Å²) < 4.78 is 11.6. The van der Waals surface area contributed by atoms with Gasteiger partial charge in [-0.05, 0) is 55.5 Å². The number of carbonyl (C=O) groups excluding carboxylic acids is 1. The van der Waals surface area contributed by atoms with Crippen LogP contribution in [0.2, 0.25) is 0 Å². The smallest absolute Gasteiger partial charge is 0.323 e. The fourth-order valence-corrected chi connectivity index (χ4v) is 3.16. The number of carboxylic acids is 1. The highest BCUT2D eigenvalue weighted by atomic mass is 16.5. The van der Waals surface area contributed by atoms with Crippen LogP contribution in [0.4, 0.5) is 16.2 Å². The number of benzene rings is 2. The predicted molar refractivity (Wildman–Crippen MR) is 111 cm³/mol. The van der Waals surface area contributed by atoms with Crippen molar-refractivity contribution in [3.05, 3.63) is 54.1 Å². The van der Waals surface area contributed by atoms with Gasteiger partial charge in [0, 0.05) is 18.7 Å². The number of carboxylic acid groups (broad SMARTS) is 1. The Morgan fingerprint density at radius 2 is 1.97 bits per heavy atom. The van der Waals surface area contributed by atoms with Gasteiger partial charge in [-0.15, -0.1) is 0 Å². The third-order valence-electron chi connectivity index (χ3n) is 4.65. The van der Waals surface area contributed by atoms with Gasteiger partial charge in [0.1, 0.15) is 12.4 Å². The molecule has 2 amide bonds. The van der Waals surface area contributed by atoms with Gasteiger partial charge < -0.3 is 25.2 Å². The van der Waals surface area contributed by atoms with Gasteiger partial charge in [0.05, 0.1) is 11.8 Å². The van der Waals surface area contributed by atoms with Crippen molar-refractivity contribution < 1.29 is 24.2 Å². The topological polar surface area (TPSA) is 96.9 Å². The van der Waals surface area contributed by atoms with Crippen LogP contribution < -0.4 is 15.4 Å². The van der Waals surface area contributed by atoms with E-state index in [0.717, 1.165) is 31.4 Å². The van der Waals surface area contributed by atoms with E-state index in [2.05, 4.69) is 10.6 Å². The highest BCUT2D eigenvalue weighted by Crippen LogP contribution is 2.25. The summed E-state index contributed by atoms with van der Waals surface area (Å²) in [5.74, 6) is -0.261. The fraction of sp³-hybridized carbons (Fsp3) is 0.364. The lowest BCUT2D eigenvalue weighted by Gasteiger charge is -2.23. The minimum atomic E-state index is -0.851. The van der Waals surface area contributed by atoms with Gasteiger partial charge in [-0.1, -0.05) is 24.3 Å². The number of ether oxygens (including phenoxy) is 2. The zero-order valence-electron chi connectivity index (χ0n) is 16.2. The molecule has 1 saturated heterocycles. The second kappa shape index (κ2) is 10.5. The quantitative estimate of drug-likeness (QED) is 0.616. The van der Waals surface area contributed by atoms with Crippen LogP contribution in [0.5, 0.6) is 5.75 Å². The second-order valence-electron chi connectivity index (χ2n) is 6.97. The zero-order valence-corrected chi connectivity index (χ0v) is 16.2. The third kappa shape index (κ3) is 6.80. The first-order valence-corrected chi connectivity index (χ1v) is 9.82. The minimum absolute atomic E-state index is 0.0467. The van der Waals surface area contributed by atoms with Gasteiger partial charge in [0.15, 0.2) is 0 Å². The Kier molecular flexibility index (Phi) is 7.47. The van der Waals surface area contributed by atoms with E-state index in [4.69, 9.17) is 14.6 Å². The first-order chi connectivity index (χ1) is 14.1. The maximum absolute atomic E-state index is 12.4. The summed E-state index contributed by atoms with van der Waals surface area (Å²) >= 11 is 0.